The number of halogens is 1. The number of hydrogen-bond donors (Lipinski definition) is 1. The van der Waals surface area contributed by atoms with Crippen LogP contribution in [0.3, 0.4) is 0 Å². The summed E-state index contributed by atoms with van der Waals surface area (Å²) >= 11 is 3.47. The fourth-order valence-corrected chi connectivity index (χ4v) is 3.30. The Bertz CT molecular complexity index is 617. The molecule has 0 aromatic heterocycles. The van der Waals surface area contributed by atoms with Crippen molar-refractivity contribution in [3.63, 3.8) is 0 Å². The minimum Gasteiger partial charge on any atom is -0.466 e. The number of allylic oxidation sites excluding steroid dienone is 1. The predicted octanol–water partition coefficient (Wildman–Crippen LogP) is 4.06. The van der Waals surface area contributed by atoms with E-state index in [-0.39, 0.29) is 17.4 Å². The topological polar surface area (TPSA) is 41.6 Å². The van der Waals surface area contributed by atoms with Gasteiger partial charge < -0.3 is 10.2 Å². The molecule has 24 heavy (non-hydrogen) atoms. The van der Waals surface area contributed by atoms with E-state index in [1.54, 1.807) is 0 Å². The van der Waals surface area contributed by atoms with Gasteiger partial charge in [-0.3, -0.25) is 0 Å². The lowest BCUT2D eigenvalue weighted by molar-refractivity contribution is -0.136. The van der Waals surface area contributed by atoms with Crippen LogP contribution in [0.25, 0.3) is 0 Å². The maximum Gasteiger partial charge on any atom is 0.337 e. The summed E-state index contributed by atoms with van der Waals surface area (Å²) in [6.07, 6.45) is 1.78. The van der Waals surface area contributed by atoms with Gasteiger partial charge >= 0.3 is 5.97 Å². The number of rotatable bonds is 5. The van der Waals surface area contributed by atoms with Crippen molar-refractivity contribution in [2.45, 2.75) is 46.6 Å². The van der Waals surface area contributed by atoms with Gasteiger partial charge in [-0.25, -0.2) is 9.80 Å². The molecule has 4 nitrogen and oxygen atoms in total. The first-order valence-electron chi connectivity index (χ1n) is 8.38. The Kier molecular flexibility index (Phi) is 6.10. The number of nitrogens with zero attached hydrogens (tertiary/aromatic N) is 1. The summed E-state index contributed by atoms with van der Waals surface area (Å²) in [5.74, 6) is -0.242. The molecule has 2 rings (SSSR count). The molecule has 0 fully saturated rings. The van der Waals surface area contributed by atoms with Crippen LogP contribution in [0.2, 0.25) is 0 Å². The first-order chi connectivity index (χ1) is 11.3. The zero-order chi connectivity index (χ0) is 17.9. The summed E-state index contributed by atoms with van der Waals surface area (Å²) in [5.41, 5.74) is 6.24. The molecule has 0 radical (unpaired) electrons. The number of ether oxygens (including phenoxy) is 1. The van der Waals surface area contributed by atoms with E-state index in [0.717, 1.165) is 35.1 Å². The zero-order valence-corrected chi connectivity index (χ0v) is 16.7. The Balaban J connectivity index is 2.41. The molecule has 0 spiro atoms. The van der Waals surface area contributed by atoms with E-state index in [9.17, 15) is 4.79 Å². The van der Waals surface area contributed by atoms with Crippen LogP contribution >= 0.6 is 15.9 Å². The fraction of sp³-hybridized carbons (Fsp3) is 0.526. The highest BCUT2D eigenvalue weighted by Gasteiger charge is 2.40. The largest absolute Gasteiger partial charge is 0.466 e. The molecule has 0 aliphatic carbocycles. The molecular weight excluding hydrogens is 368 g/mol. The van der Waals surface area contributed by atoms with E-state index in [1.807, 2.05) is 12.1 Å². The smallest absolute Gasteiger partial charge is 0.337 e. The molecule has 1 aliphatic heterocycles. The standard InChI is InChI=1S/C19H27BrN2O2/c1-6-11-22-15(12-13-7-9-14(20)10-8-13)16(18(23)24-5)17(21-22)19(2,3)4/h7-10,15,21H,6,11-12H2,1-5H3. The SMILES string of the molecule is CCCN1NC(C(C)(C)C)=C(C(=O)OC)C1Cc1ccc(Br)cc1. The third kappa shape index (κ3) is 4.19. The van der Waals surface area contributed by atoms with Gasteiger partial charge in [0, 0.05) is 22.1 Å². The zero-order valence-electron chi connectivity index (χ0n) is 15.1. The van der Waals surface area contributed by atoms with Crippen LogP contribution in [0, 0.1) is 5.41 Å². The number of carbonyl (C=O) groups excluding carboxylic acids is 1. The monoisotopic (exact) mass is 394 g/mol. The van der Waals surface area contributed by atoms with Crippen LogP contribution in [0.5, 0.6) is 0 Å². The van der Waals surface area contributed by atoms with Gasteiger partial charge in [0.15, 0.2) is 0 Å². The van der Waals surface area contributed by atoms with Gasteiger partial charge in [-0.1, -0.05) is 55.8 Å². The van der Waals surface area contributed by atoms with Crippen molar-refractivity contribution in [1.82, 2.24) is 10.4 Å². The van der Waals surface area contributed by atoms with Gasteiger partial charge in [0.05, 0.1) is 18.7 Å². The van der Waals surface area contributed by atoms with Crippen LogP contribution in [-0.4, -0.2) is 30.7 Å². The molecule has 1 unspecified atom stereocenters. The third-order valence-corrected chi connectivity index (χ3v) is 4.72. The minimum atomic E-state index is -0.242. The lowest BCUT2D eigenvalue weighted by atomic mass is 9.86. The van der Waals surface area contributed by atoms with Crippen LogP contribution in [-0.2, 0) is 16.0 Å². The predicted molar refractivity (Wildman–Crippen MR) is 100 cm³/mol. The summed E-state index contributed by atoms with van der Waals surface area (Å²) in [4.78, 5) is 12.5. The van der Waals surface area contributed by atoms with Crippen molar-refractivity contribution in [3.05, 3.63) is 45.6 Å². The van der Waals surface area contributed by atoms with Gasteiger partial charge in [-0.15, -0.1) is 0 Å². The number of benzene rings is 1. The molecule has 0 saturated heterocycles. The average molecular weight is 395 g/mol. The molecule has 1 aromatic rings. The second-order valence-corrected chi connectivity index (χ2v) is 8.10. The maximum absolute atomic E-state index is 12.5. The van der Waals surface area contributed by atoms with Gasteiger partial charge in [0.1, 0.15) is 0 Å². The molecule has 0 bridgehead atoms. The quantitative estimate of drug-likeness (QED) is 0.764. The molecule has 5 heteroatoms. The number of carbonyl (C=O) groups is 1. The number of hydrogen-bond acceptors (Lipinski definition) is 4. The number of esters is 1. The van der Waals surface area contributed by atoms with E-state index in [0.29, 0.717) is 0 Å². The van der Waals surface area contributed by atoms with Crippen LogP contribution in [0.1, 0.15) is 39.7 Å². The van der Waals surface area contributed by atoms with Crippen molar-refractivity contribution in [2.75, 3.05) is 13.7 Å². The summed E-state index contributed by atoms with van der Waals surface area (Å²) in [6, 6.07) is 8.24. The van der Waals surface area contributed by atoms with Gasteiger partial charge in [-0.05, 0) is 30.5 Å². The van der Waals surface area contributed by atoms with Crippen LogP contribution in [0.15, 0.2) is 40.0 Å². The van der Waals surface area contributed by atoms with Crippen molar-refractivity contribution < 1.29 is 9.53 Å². The first-order valence-corrected chi connectivity index (χ1v) is 9.18. The van der Waals surface area contributed by atoms with E-state index in [4.69, 9.17) is 4.74 Å². The highest BCUT2D eigenvalue weighted by molar-refractivity contribution is 9.10. The van der Waals surface area contributed by atoms with Gasteiger partial charge in [0.2, 0.25) is 0 Å². The Morgan fingerprint density at radius 1 is 1.29 bits per heavy atom. The Labute approximate surface area is 153 Å². The molecular formula is C19H27BrN2O2. The molecule has 132 valence electrons. The highest BCUT2D eigenvalue weighted by Crippen LogP contribution is 2.35. The third-order valence-electron chi connectivity index (χ3n) is 4.20. The lowest BCUT2D eigenvalue weighted by Crippen LogP contribution is -2.42. The van der Waals surface area contributed by atoms with Gasteiger partial charge in [0.25, 0.3) is 0 Å². The lowest BCUT2D eigenvalue weighted by Gasteiger charge is -2.27. The van der Waals surface area contributed by atoms with Crippen LogP contribution in [0.4, 0.5) is 0 Å². The van der Waals surface area contributed by atoms with Crippen molar-refractivity contribution >= 4 is 21.9 Å². The second-order valence-electron chi connectivity index (χ2n) is 7.18. The first kappa shape index (κ1) is 19.0. The molecule has 1 heterocycles. The van der Waals surface area contributed by atoms with E-state index >= 15 is 0 Å². The summed E-state index contributed by atoms with van der Waals surface area (Å²) in [7, 11) is 1.45. The molecule has 0 amide bonds. The molecule has 1 aliphatic rings. The summed E-state index contributed by atoms with van der Waals surface area (Å²) in [5, 5.41) is 2.18. The van der Waals surface area contributed by atoms with Gasteiger partial charge in [-0.2, -0.15) is 0 Å². The summed E-state index contributed by atoms with van der Waals surface area (Å²) < 4.78 is 6.16. The van der Waals surface area contributed by atoms with Crippen molar-refractivity contribution in [3.8, 4) is 0 Å². The minimum absolute atomic E-state index is 0.0206. The highest BCUT2D eigenvalue weighted by atomic mass is 79.9. The Morgan fingerprint density at radius 2 is 1.92 bits per heavy atom. The molecule has 1 atom stereocenters. The second kappa shape index (κ2) is 7.70. The van der Waals surface area contributed by atoms with Crippen molar-refractivity contribution in [1.29, 1.82) is 0 Å². The summed E-state index contributed by atoms with van der Waals surface area (Å²) in [6.45, 7) is 9.37. The van der Waals surface area contributed by atoms with Crippen molar-refractivity contribution in [2.24, 2.45) is 5.41 Å². The molecule has 1 N–H and O–H groups in total. The number of hydrazine groups is 1. The van der Waals surface area contributed by atoms with E-state index < -0.39 is 0 Å². The van der Waals surface area contributed by atoms with E-state index in [2.05, 4.69) is 66.2 Å². The number of methoxy groups -OCH3 is 1. The average Bonchev–Trinajstić information content (AvgIpc) is 2.88. The van der Waals surface area contributed by atoms with E-state index in [1.165, 1.54) is 12.7 Å². The fourth-order valence-electron chi connectivity index (χ4n) is 3.03. The van der Waals surface area contributed by atoms with Crippen LogP contribution < -0.4 is 5.43 Å². The normalized spacial score (nSPS) is 18.7. The number of nitrogens with one attached hydrogen (secondary N) is 1. The Morgan fingerprint density at radius 3 is 2.42 bits per heavy atom. The molecule has 0 saturated carbocycles. The Hall–Kier alpha value is -1.33. The maximum atomic E-state index is 12.5. The molecule has 1 aromatic carbocycles.